The number of para-hydroxylation sites is 2. The van der Waals surface area contributed by atoms with E-state index < -0.39 is 5.41 Å². The third-order valence-electron chi connectivity index (χ3n) is 11.0. The smallest absolute Gasteiger partial charge is 0.229 e. The number of fused-ring (bicyclic) bond motifs is 1. The maximum atomic E-state index is 14.5. The number of carbonyl (C=O) groups is 2. The van der Waals surface area contributed by atoms with E-state index in [0.29, 0.717) is 49.1 Å². The molecule has 7 rings (SSSR count). The molecule has 3 aromatic carbocycles. The number of carbonyl (C=O) groups excluding carboxylic acids is 2. The van der Waals surface area contributed by atoms with Gasteiger partial charge in [0.05, 0.1) is 57.7 Å². The largest absolute Gasteiger partial charge is 0.497 e. The van der Waals surface area contributed by atoms with E-state index in [1.807, 2.05) is 70.1 Å². The predicted octanol–water partition coefficient (Wildman–Crippen LogP) is 6.66. The van der Waals surface area contributed by atoms with Crippen LogP contribution in [0.5, 0.6) is 23.0 Å². The van der Waals surface area contributed by atoms with Crippen molar-refractivity contribution in [2.24, 2.45) is 11.3 Å². The van der Waals surface area contributed by atoms with Gasteiger partial charge >= 0.3 is 0 Å². The summed E-state index contributed by atoms with van der Waals surface area (Å²) in [6, 6.07) is 23.5. The molecule has 0 saturated carbocycles. The van der Waals surface area contributed by atoms with E-state index in [1.54, 1.807) is 34.7 Å². The van der Waals surface area contributed by atoms with Gasteiger partial charge in [-0.2, -0.15) is 0 Å². The first kappa shape index (κ1) is 36.1. The second-order valence-electron chi connectivity index (χ2n) is 14.1. The first-order valence-corrected chi connectivity index (χ1v) is 18.3. The number of ketones is 1. The Morgan fingerprint density at radius 2 is 1.58 bits per heavy atom. The number of benzene rings is 3. The number of piperidine rings is 1. The Hall–Kier alpha value is -5.29. The number of methoxy groups -OCH3 is 4. The monoisotopic (exact) mass is 720 g/mol. The topological polar surface area (TPSA) is 108 Å². The molecule has 2 saturated heterocycles. The molecule has 0 spiro atoms. The number of rotatable bonds is 15. The number of amides is 1. The second kappa shape index (κ2) is 15.8. The number of hydrogen-bond acceptors (Lipinski definition) is 9. The van der Waals surface area contributed by atoms with Crippen LogP contribution in [-0.2, 0) is 24.3 Å². The van der Waals surface area contributed by atoms with Gasteiger partial charge in [0.2, 0.25) is 17.4 Å². The van der Waals surface area contributed by atoms with Crippen LogP contribution in [0.15, 0.2) is 83.5 Å². The minimum Gasteiger partial charge on any atom is -0.497 e. The maximum absolute atomic E-state index is 14.5. The molecule has 1 atom stereocenters. The molecule has 11 heteroatoms. The van der Waals surface area contributed by atoms with Crippen LogP contribution >= 0.6 is 0 Å². The predicted molar refractivity (Wildman–Crippen MR) is 201 cm³/mol. The van der Waals surface area contributed by atoms with Gasteiger partial charge in [-0.05, 0) is 111 Å². The summed E-state index contributed by atoms with van der Waals surface area (Å²) in [7, 11) is 6.44. The SMILES string of the molecule is COc1ccc(CC2(CCN3CCC(C(=O)c4nc5ccccc5n4Cc4ccco4)CC3)CCN(Cc3cc(OC)c(OC)c(OC)c3)C2=O)cc1. The van der Waals surface area contributed by atoms with Crippen molar-refractivity contribution in [3.63, 3.8) is 0 Å². The minimum atomic E-state index is -0.557. The zero-order valence-corrected chi connectivity index (χ0v) is 31.0. The summed E-state index contributed by atoms with van der Waals surface area (Å²) in [6.45, 7) is 3.90. The Labute approximate surface area is 310 Å². The Kier molecular flexibility index (Phi) is 10.7. The average molecular weight is 721 g/mol. The van der Waals surface area contributed by atoms with Crippen molar-refractivity contribution in [3.8, 4) is 23.0 Å². The number of ether oxygens (including phenoxy) is 4. The first-order valence-electron chi connectivity index (χ1n) is 18.3. The highest BCUT2D eigenvalue weighted by Gasteiger charge is 2.46. The van der Waals surface area contributed by atoms with Crippen molar-refractivity contribution in [2.75, 3.05) is 54.6 Å². The number of nitrogens with zero attached hydrogens (tertiary/aromatic N) is 4. The van der Waals surface area contributed by atoms with Crippen molar-refractivity contribution in [1.29, 1.82) is 0 Å². The van der Waals surface area contributed by atoms with E-state index in [2.05, 4.69) is 17.0 Å². The lowest BCUT2D eigenvalue weighted by atomic mass is 9.77. The number of hydrogen-bond donors (Lipinski definition) is 0. The van der Waals surface area contributed by atoms with Crippen molar-refractivity contribution in [1.82, 2.24) is 19.4 Å². The molecule has 2 fully saturated rings. The van der Waals surface area contributed by atoms with Gasteiger partial charge in [-0.3, -0.25) is 9.59 Å². The number of furan rings is 1. The molecule has 0 aliphatic carbocycles. The fourth-order valence-corrected chi connectivity index (χ4v) is 8.06. The number of Topliss-reactive ketones (excluding diaryl/α,β-unsaturated/α-hetero) is 1. The molecule has 2 aliphatic rings. The summed E-state index contributed by atoms with van der Waals surface area (Å²) in [5, 5.41) is 0. The Balaban J connectivity index is 1.05. The van der Waals surface area contributed by atoms with Gasteiger partial charge in [0.1, 0.15) is 11.5 Å². The summed E-state index contributed by atoms with van der Waals surface area (Å²) in [5.41, 5.74) is 3.20. The Morgan fingerprint density at radius 3 is 2.25 bits per heavy atom. The number of aromatic nitrogens is 2. The molecular weight excluding hydrogens is 672 g/mol. The highest BCUT2D eigenvalue weighted by Crippen LogP contribution is 2.42. The minimum absolute atomic E-state index is 0.0804. The lowest BCUT2D eigenvalue weighted by Gasteiger charge is -2.35. The quantitative estimate of drug-likeness (QED) is 0.110. The molecule has 0 N–H and O–H groups in total. The molecule has 53 heavy (non-hydrogen) atoms. The van der Waals surface area contributed by atoms with Crippen LogP contribution in [0.1, 0.15) is 53.2 Å². The molecular formula is C42H48N4O7. The first-order chi connectivity index (χ1) is 25.8. The fraction of sp³-hybridized carbons (Fsp3) is 0.405. The summed E-state index contributed by atoms with van der Waals surface area (Å²) in [5.74, 6) is 3.83. The van der Waals surface area contributed by atoms with E-state index in [1.165, 1.54) is 0 Å². The van der Waals surface area contributed by atoms with Gasteiger partial charge in [0, 0.05) is 19.0 Å². The summed E-state index contributed by atoms with van der Waals surface area (Å²) in [4.78, 5) is 37.7. The summed E-state index contributed by atoms with van der Waals surface area (Å²) in [6.07, 6.45) is 5.26. The normalized spacial score (nSPS) is 18.1. The summed E-state index contributed by atoms with van der Waals surface area (Å²) < 4.78 is 29.7. The second-order valence-corrected chi connectivity index (χ2v) is 14.1. The van der Waals surface area contributed by atoms with Crippen LogP contribution in [0.3, 0.4) is 0 Å². The van der Waals surface area contributed by atoms with Crippen molar-refractivity contribution < 1.29 is 33.0 Å². The van der Waals surface area contributed by atoms with Crippen LogP contribution in [0, 0.1) is 11.3 Å². The van der Waals surface area contributed by atoms with E-state index in [0.717, 1.165) is 79.0 Å². The molecule has 0 radical (unpaired) electrons. The van der Waals surface area contributed by atoms with Crippen LogP contribution in [0.2, 0.25) is 0 Å². The van der Waals surface area contributed by atoms with Gasteiger partial charge in [0.15, 0.2) is 17.3 Å². The highest BCUT2D eigenvalue weighted by atomic mass is 16.5. The lowest BCUT2D eigenvalue weighted by molar-refractivity contribution is -0.137. The molecule has 11 nitrogen and oxygen atoms in total. The van der Waals surface area contributed by atoms with E-state index in [4.69, 9.17) is 28.3 Å². The number of likely N-dealkylation sites (tertiary alicyclic amines) is 2. The fourth-order valence-electron chi connectivity index (χ4n) is 8.06. The molecule has 278 valence electrons. The Morgan fingerprint density at radius 1 is 0.849 bits per heavy atom. The third kappa shape index (κ3) is 7.48. The van der Waals surface area contributed by atoms with Gasteiger partial charge in [-0.15, -0.1) is 0 Å². The van der Waals surface area contributed by atoms with Crippen LogP contribution in [0.4, 0.5) is 0 Å². The average Bonchev–Trinajstić information content (AvgIpc) is 3.93. The zero-order valence-electron chi connectivity index (χ0n) is 31.0. The van der Waals surface area contributed by atoms with Crippen molar-refractivity contribution in [3.05, 3.63) is 102 Å². The van der Waals surface area contributed by atoms with Gasteiger partial charge in [-0.1, -0.05) is 24.3 Å². The Bertz CT molecular complexity index is 2010. The zero-order chi connectivity index (χ0) is 37.0. The molecule has 4 heterocycles. The van der Waals surface area contributed by atoms with Crippen molar-refractivity contribution >= 4 is 22.7 Å². The number of imidazole rings is 1. The van der Waals surface area contributed by atoms with Gasteiger partial charge < -0.3 is 37.7 Å². The molecule has 2 aliphatic heterocycles. The molecule has 1 amide bonds. The van der Waals surface area contributed by atoms with Crippen LogP contribution in [0.25, 0.3) is 11.0 Å². The maximum Gasteiger partial charge on any atom is 0.229 e. The van der Waals surface area contributed by atoms with E-state index >= 15 is 0 Å². The van der Waals surface area contributed by atoms with E-state index in [9.17, 15) is 9.59 Å². The summed E-state index contributed by atoms with van der Waals surface area (Å²) >= 11 is 0. The molecule has 1 unspecified atom stereocenters. The van der Waals surface area contributed by atoms with Gasteiger partial charge in [-0.25, -0.2) is 4.98 Å². The molecule has 5 aromatic rings. The van der Waals surface area contributed by atoms with Crippen LogP contribution in [-0.4, -0.2) is 85.7 Å². The highest BCUT2D eigenvalue weighted by molar-refractivity contribution is 5.98. The third-order valence-corrected chi connectivity index (χ3v) is 11.0. The van der Waals surface area contributed by atoms with E-state index in [-0.39, 0.29) is 17.6 Å². The molecule has 0 bridgehead atoms. The van der Waals surface area contributed by atoms with Crippen LogP contribution < -0.4 is 18.9 Å². The lowest BCUT2D eigenvalue weighted by Crippen LogP contribution is -2.42. The van der Waals surface area contributed by atoms with Gasteiger partial charge in [0.25, 0.3) is 0 Å². The molecule has 2 aromatic heterocycles. The standard InChI is InChI=1S/C42H48N4O7/c1-49-32-13-11-29(12-14-32)26-42(18-22-45(41(42)48)27-30-24-36(50-2)39(52-4)37(25-30)51-3)17-21-44-19-15-31(16-20-44)38(47)40-43-34-9-5-6-10-35(34)46(40)28-33-8-7-23-53-33/h5-14,23-25,31H,15-22,26-28H2,1-4H3. The van der Waals surface area contributed by atoms with Crippen molar-refractivity contribution in [2.45, 2.75) is 45.2 Å².